The van der Waals surface area contributed by atoms with Gasteiger partial charge in [-0.15, -0.1) is 0 Å². The second kappa shape index (κ2) is 7.97. The fourth-order valence-electron chi connectivity index (χ4n) is 4.33. The van der Waals surface area contributed by atoms with Crippen LogP contribution in [0.25, 0.3) is 11.0 Å². The maximum absolute atomic E-state index is 12.9. The summed E-state index contributed by atoms with van der Waals surface area (Å²) in [5, 5.41) is 5.59. The summed E-state index contributed by atoms with van der Waals surface area (Å²) in [6.07, 6.45) is 6.39. The van der Waals surface area contributed by atoms with E-state index in [-0.39, 0.29) is 24.0 Å². The first-order chi connectivity index (χ1) is 12.8. The Morgan fingerprint density at radius 1 is 1.30 bits per heavy atom. The normalized spacial score (nSPS) is 19.1. The Morgan fingerprint density at radius 2 is 2.04 bits per heavy atom. The number of aromatic nitrogens is 3. The van der Waals surface area contributed by atoms with Gasteiger partial charge in [-0.25, -0.2) is 9.67 Å². The van der Waals surface area contributed by atoms with Crippen molar-refractivity contribution >= 4 is 16.9 Å². The predicted molar refractivity (Wildman–Crippen MR) is 109 cm³/mol. The van der Waals surface area contributed by atoms with Gasteiger partial charge in [-0.05, 0) is 71.4 Å². The molecule has 0 saturated carbocycles. The number of rotatable bonds is 5. The zero-order valence-electron chi connectivity index (χ0n) is 17.3. The Morgan fingerprint density at radius 3 is 2.70 bits per heavy atom. The molecular formula is C21H33N5O. The van der Waals surface area contributed by atoms with Gasteiger partial charge in [0.2, 0.25) is 5.91 Å². The molecule has 6 heteroatoms. The minimum atomic E-state index is 0.0256. The number of likely N-dealkylation sites (tertiary alicyclic amines) is 1. The lowest BCUT2D eigenvalue weighted by atomic mass is 9.95. The third kappa shape index (κ3) is 3.86. The molecule has 1 amide bonds. The van der Waals surface area contributed by atoms with Crippen LogP contribution in [0.5, 0.6) is 0 Å². The number of hydrogen-bond acceptors (Lipinski definition) is 4. The molecule has 0 spiro atoms. The van der Waals surface area contributed by atoms with Crippen LogP contribution in [0.15, 0.2) is 6.20 Å². The fourth-order valence-corrected chi connectivity index (χ4v) is 4.33. The molecule has 0 radical (unpaired) electrons. The SMILES string of the molecule is Cc1nc2c(cnn2C(C)C)c(C)c1CCC(=O)N1CCCC[C@H]1[C@@H](C)N. The summed E-state index contributed by atoms with van der Waals surface area (Å²) in [6, 6.07) is 0.478. The van der Waals surface area contributed by atoms with Crippen LogP contribution in [0.1, 0.15) is 69.3 Å². The van der Waals surface area contributed by atoms with Crippen molar-refractivity contribution in [2.75, 3.05) is 6.54 Å². The second-order valence-corrected chi connectivity index (χ2v) is 8.23. The molecule has 2 aromatic rings. The van der Waals surface area contributed by atoms with Gasteiger partial charge >= 0.3 is 0 Å². The summed E-state index contributed by atoms with van der Waals surface area (Å²) in [6.45, 7) is 11.2. The summed E-state index contributed by atoms with van der Waals surface area (Å²) < 4.78 is 1.96. The lowest BCUT2D eigenvalue weighted by Gasteiger charge is -2.38. The molecular weight excluding hydrogens is 338 g/mol. The van der Waals surface area contributed by atoms with Gasteiger partial charge in [0.15, 0.2) is 5.65 Å². The molecule has 1 aliphatic rings. The van der Waals surface area contributed by atoms with Gasteiger partial charge < -0.3 is 10.6 Å². The maximum atomic E-state index is 12.9. The standard InChI is InChI=1S/C21H33N5O/c1-13(2)26-21-18(12-23-26)14(3)17(16(5)24-21)9-10-20(27)25-11-7-6-8-19(25)15(4)22/h12-13,15,19H,6-11,22H2,1-5H3/t15-,19+/m1/s1. The number of fused-ring (bicyclic) bond motifs is 1. The molecule has 2 atom stereocenters. The number of carbonyl (C=O) groups excluding carboxylic acids is 1. The van der Waals surface area contributed by atoms with E-state index in [0.717, 1.165) is 42.5 Å². The third-order valence-corrected chi connectivity index (χ3v) is 5.89. The Labute approximate surface area is 162 Å². The van der Waals surface area contributed by atoms with Crippen molar-refractivity contribution in [1.29, 1.82) is 0 Å². The van der Waals surface area contributed by atoms with Crippen molar-refractivity contribution in [2.24, 2.45) is 5.73 Å². The van der Waals surface area contributed by atoms with Gasteiger partial charge in [0, 0.05) is 42.2 Å². The van der Waals surface area contributed by atoms with Crippen LogP contribution in [0.4, 0.5) is 0 Å². The molecule has 1 aliphatic heterocycles. The summed E-state index contributed by atoms with van der Waals surface area (Å²) in [5.74, 6) is 0.216. The Hall–Kier alpha value is -1.95. The molecule has 1 saturated heterocycles. The van der Waals surface area contributed by atoms with E-state index in [2.05, 4.69) is 25.9 Å². The Bertz CT molecular complexity index is 824. The van der Waals surface area contributed by atoms with E-state index < -0.39 is 0 Å². The first kappa shape index (κ1) is 19.8. The van der Waals surface area contributed by atoms with E-state index in [0.29, 0.717) is 12.8 Å². The van der Waals surface area contributed by atoms with Crippen LogP contribution in [0, 0.1) is 13.8 Å². The minimum Gasteiger partial charge on any atom is -0.338 e. The number of piperidine rings is 1. The monoisotopic (exact) mass is 371 g/mol. The molecule has 1 fully saturated rings. The van der Waals surface area contributed by atoms with Gasteiger partial charge in [-0.3, -0.25) is 4.79 Å². The number of aryl methyl sites for hydroxylation is 2. The minimum absolute atomic E-state index is 0.0256. The second-order valence-electron chi connectivity index (χ2n) is 8.23. The molecule has 0 unspecified atom stereocenters. The topological polar surface area (TPSA) is 77.0 Å². The zero-order valence-corrected chi connectivity index (χ0v) is 17.3. The van der Waals surface area contributed by atoms with Crippen LogP contribution in [-0.4, -0.2) is 44.2 Å². The third-order valence-electron chi connectivity index (χ3n) is 5.89. The largest absolute Gasteiger partial charge is 0.338 e. The molecule has 0 aliphatic carbocycles. The molecule has 3 rings (SSSR count). The van der Waals surface area contributed by atoms with E-state index >= 15 is 0 Å². The van der Waals surface area contributed by atoms with Gasteiger partial charge in [0.25, 0.3) is 0 Å². The van der Waals surface area contributed by atoms with Gasteiger partial charge in [0.05, 0.1) is 6.20 Å². The number of pyridine rings is 1. The summed E-state index contributed by atoms with van der Waals surface area (Å²) in [7, 11) is 0. The van der Waals surface area contributed by atoms with Crippen molar-refractivity contribution in [3.05, 3.63) is 23.0 Å². The highest BCUT2D eigenvalue weighted by Crippen LogP contribution is 2.26. The van der Waals surface area contributed by atoms with Crippen molar-refractivity contribution in [1.82, 2.24) is 19.7 Å². The molecule has 2 N–H and O–H groups in total. The first-order valence-corrected chi connectivity index (χ1v) is 10.2. The van der Waals surface area contributed by atoms with Gasteiger partial charge in [0.1, 0.15) is 0 Å². The quantitative estimate of drug-likeness (QED) is 0.875. The Balaban J connectivity index is 1.79. The zero-order chi connectivity index (χ0) is 19.7. The van der Waals surface area contributed by atoms with Crippen molar-refractivity contribution in [2.45, 2.75) is 84.8 Å². The number of hydrogen-bond donors (Lipinski definition) is 1. The number of nitrogens with two attached hydrogens (primary N) is 1. The maximum Gasteiger partial charge on any atom is 0.223 e. The fraction of sp³-hybridized carbons (Fsp3) is 0.667. The highest BCUT2D eigenvalue weighted by molar-refractivity contribution is 5.81. The lowest BCUT2D eigenvalue weighted by Crippen LogP contribution is -2.51. The van der Waals surface area contributed by atoms with Crippen LogP contribution in [0.2, 0.25) is 0 Å². The number of carbonyl (C=O) groups is 1. The van der Waals surface area contributed by atoms with Crippen molar-refractivity contribution in [3.8, 4) is 0 Å². The predicted octanol–water partition coefficient (Wildman–Crippen LogP) is 3.29. The number of nitrogens with zero attached hydrogens (tertiary/aromatic N) is 4. The van der Waals surface area contributed by atoms with E-state index in [9.17, 15) is 4.79 Å². The average Bonchev–Trinajstić information content (AvgIpc) is 3.05. The first-order valence-electron chi connectivity index (χ1n) is 10.2. The van der Waals surface area contributed by atoms with Gasteiger partial charge in [-0.2, -0.15) is 5.10 Å². The van der Waals surface area contributed by atoms with E-state index in [4.69, 9.17) is 10.7 Å². The van der Waals surface area contributed by atoms with E-state index in [1.165, 1.54) is 11.1 Å². The molecule has 148 valence electrons. The molecule has 27 heavy (non-hydrogen) atoms. The molecule has 0 bridgehead atoms. The van der Waals surface area contributed by atoms with Crippen LogP contribution < -0.4 is 5.73 Å². The van der Waals surface area contributed by atoms with Crippen molar-refractivity contribution in [3.63, 3.8) is 0 Å². The van der Waals surface area contributed by atoms with Crippen molar-refractivity contribution < 1.29 is 4.79 Å². The Kier molecular flexibility index (Phi) is 5.84. The van der Waals surface area contributed by atoms with Crippen LogP contribution >= 0.6 is 0 Å². The van der Waals surface area contributed by atoms with E-state index in [1.54, 1.807) is 0 Å². The number of amides is 1. The van der Waals surface area contributed by atoms with Gasteiger partial charge in [-0.1, -0.05) is 0 Å². The molecule has 0 aromatic carbocycles. The lowest BCUT2D eigenvalue weighted by molar-refractivity contribution is -0.135. The molecule has 2 aromatic heterocycles. The highest BCUT2D eigenvalue weighted by Gasteiger charge is 2.29. The van der Waals surface area contributed by atoms with E-state index in [1.807, 2.05) is 29.6 Å². The molecule has 3 heterocycles. The van der Waals surface area contributed by atoms with Crippen LogP contribution in [0.3, 0.4) is 0 Å². The molecule has 6 nitrogen and oxygen atoms in total. The average molecular weight is 372 g/mol. The highest BCUT2D eigenvalue weighted by atomic mass is 16.2. The summed E-state index contributed by atoms with van der Waals surface area (Å²) >= 11 is 0. The summed E-state index contributed by atoms with van der Waals surface area (Å²) in [5.41, 5.74) is 10.4. The van der Waals surface area contributed by atoms with Crippen LogP contribution in [-0.2, 0) is 11.2 Å². The summed E-state index contributed by atoms with van der Waals surface area (Å²) in [4.78, 5) is 19.7. The smallest absolute Gasteiger partial charge is 0.223 e.